The molecule has 2 amide bonds. The van der Waals surface area contributed by atoms with Gasteiger partial charge in [-0.1, -0.05) is 26.0 Å². The zero-order valence-corrected chi connectivity index (χ0v) is 20.4. The number of phenols is 1. The lowest BCUT2D eigenvalue weighted by molar-refractivity contribution is 0.245. The lowest BCUT2D eigenvalue weighted by atomic mass is 9.91. The van der Waals surface area contributed by atoms with Crippen molar-refractivity contribution in [1.29, 1.82) is 0 Å². The van der Waals surface area contributed by atoms with E-state index in [2.05, 4.69) is 23.9 Å². The fraction of sp³-hybridized carbons (Fsp3) is 0.280. The number of sulfonamides is 1. The smallest absolute Gasteiger partial charge is 0.322 e. The fourth-order valence-corrected chi connectivity index (χ4v) is 4.90. The van der Waals surface area contributed by atoms with Crippen molar-refractivity contribution in [3.05, 3.63) is 71.4 Å². The summed E-state index contributed by atoms with van der Waals surface area (Å²) in [5, 5.41) is 12.6. The number of pyridine rings is 1. The molecule has 4 rings (SSSR count). The Morgan fingerprint density at radius 3 is 2.47 bits per heavy atom. The minimum Gasteiger partial charge on any atom is -0.508 e. The van der Waals surface area contributed by atoms with E-state index >= 15 is 0 Å². The number of phenolic OH excluding ortho intramolecular Hbond substituents is 1. The summed E-state index contributed by atoms with van der Waals surface area (Å²) in [5.41, 5.74) is 4.71. The normalized spacial score (nSPS) is 14.6. The first kappa shape index (κ1) is 23.7. The highest BCUT2D eigenvalue weighted by Gasteiger charge is 2.39. The van der Waals surface area contributed by atoms with Crippen LogP contribution in [0.15, 0.2) is 59.5 Å². The highest BCUT2D eigenvalue weighted by Crippen LogP contribution is 2.40. The number of nitrogens with one attached hydrogen (secondary N) is 2. The van der Waals surface area contributed by atoms with Gasteiger partial charge in [-0.3, -0.25) is 4.90 Å². The van der Waals surface area contributed by atoms with Crippen LogP contribution in [0.4, 0.5) is 10.5 Å². The number of carbonyl (C=O) groups excluding carboxylic acids is 1. The molecule has 34 heavy (non-hydrogen) atoms. The number of aromatic hydroxyl groups is 1. The molecule has 0 saturated heterocycles. The number of nitrogens with zero attached hydrogens (tertiary/aromatic N) is 2. The van der Waals surface area contributed by atoms with Crippen molar-refractivity contribution >= 4 is 21.7 Å². The van der Waals surface area contributed by atoms with E-state index in [1.807, 2.05) is 25.1 Å². The third-order valence-corrected chi connectivity index (χ3v) is 7.47. The van der Waals surface area contributed by atoms with E-state index in [-0.39, 0.29) is 28.6 Å². The zero-order valence-electron chi connectivity index (χ0n) is 19.6. The molecule has 0 atom stereocenters. The first-order chi connectivity index (χ1) is 16.0. The lowest BCUT2D eigenvalue weighted by Gasteiger charge is -2.20. The molecule has 178 valence electrons. The molecule has 9 heteroatoms. The topological polar surface area (TPSA) is 112 Å². The van der Waals surface area contributed by atoms with Crippen LogP contribution in [0.1, 0.15) is 30.7 Å². The molecular formula is C25H28N4O4S. The van der Waals surface area contributed by atoms with Crippen LogP contribution in [0, 0.1) is 6.92 Å². The molecule has 3 N–H and O–H groups in total. The van der Waals surface area contributed by atoms with Crippen molar-refractivity contribution in [2.45, 2.75) is 37.6 Å². The molecule has 0 radical (unpaired) electrons. The van der Waals surface area contributed by atoms with Gasteiger partial charge in [0.25, 0.3) is 0 Å². The van der Waals surface area contributed by atoms with Crippen LogP contribution in [0.2, 0.25) is 0 Å². The highest BCUT2D eigenvalue weighted by molar-refractivity contribution is 7.89. The fourth-order valence-electron chi connectivity index (χ4n) is 4.17. The van der Waals surface area contributed by atoms with Gasteiger partial charge >= 0.3 is 6.03 Å². The molecule has 0 unspecified atom stereocenters. The summed E-state index contributed by atoms with van der Waals surface area (Å²) in [6.45, 7) is 6.79. The number of urea groups is 1. The van der Waals surface area contributed by atoms with Gasteiger partial charge in [0.2, 0.25) is 10.0 Å². The van der Waals surface area contributed by atoms with Gasteiger partial charge < -0.3 is 10.4 Å². The largest absolute Gasteiger partial charge is 0.508 e. The van der Waals surface area contributed by atoms with E-state index in [1.165, 1.54) is 19.2 Å². The summed E-state index contributed by atoms with van der Waals surface area (Å²) >= 11 is 0. The van der Waals surface area contributed by atoms with Crippen molar-refractivity contribution in [3.63, 3.8) is 0 Å². The van der Waals surface area contributed by atoms with Gasteiger partial charge in [-0.15, -0.1) is 0 Å². The second-order valence-corrected chi connectivity index (χ2v) is 10.9. The van der Waals surface area contributed by atoms with Crippen LogP contribution in [-0.4, -0.2) is 38.1 Å². The molecule has 1 aromatic heterocycles. The molecule has 0 spiro atoms. The van der Waals surface area contributed by atoms with Crippen LogP contribution in [-0.2, 0) is 22.0 Å². The highest BCUT2D eigenvalue weighted by atomic mass is 32.2. The lowest BCUT2D eigenvalue weighted by Crippen LogP contribution is -2.41. The van der Waals surface area contributed by atoms with E-state index in [9.17, 15) is 18.3 Å². The van der Waals surface area contributed by atoms with Crippen molar-refractivity contribution < 1.29 is 18.3 Å². The van der Waals surface area contributed by atoms with Gasteiger partial charge in [-0.25, -0.2) is 22.9 Å². The Labute approximate surface area is 199 Å². The molecule has 0 fully saturated rings. The Morgan fingerprint density at radius 1 is 1.12 bits per heavy atom. The van der Waals surface area contributed by atoms with Crippen molar-refractivity contribution in [2.24, 2.45) is 0 Å². The van der Waals surface area contributed by atoms with Gasteiger partial charge in [-0.2, -0.15) is 0 Å². The van der Waals surface area contributed by atoms with Gasteiger partial charge in [0.1, 0.15) is 5.75 Å². The summed E-state index contributed by atoms with van der Waals surface area (Å²) in [6, 6.07) is 15.1. The third-order valence-electron chi connectivity index (χ3n) is 6.04. The number of hydrogen-bond donors (Lipinski definition) is 3. The average Bonchev–Trinajstić information content (AvgIpc) is 3.08. The van der Waals surface area contributed by atoms with Gasteiger partial charge in [0.15, 0.2) is 0 Å². The molecule has 0 aliphatic carbocycles. The van der Waals surface area contributed by atoms with E-state index in [1.54, 1.807) is 29.2 Å². The van der Waals surface area contributed by atoms with Crippen LogP contribution >= 0.6 is 0 Å². The average molecular weight is 481 g/mol. The quantitative estimate of drug-likeness (QED) is 0.516. The zero-order chi connectivity index (χ0) is 24.7. The number of anilines is 1. The predicted octanol–water partition coefficient (Wildman–Crippen LogP) is 3.68. The molecule has 8 nitrogen and oxygen atoms in total. The minimum absolute atomic E-state index is 0.172. The molecule has 2 heterocycles. The Morgan fingerprint density at radius 2 is 1.82 bits per heavy atom. The molecule has 0 saturated carbocycles. The number of amides is 2. The van der Waals surface area contributed by atoms with Crippen LogP contribution in [0.5, 0.6) is 5.75 Å². The first-order valence-electron chi connectivity index (χ1n) is 10.9. The number of benzene rings is 2. The van der Waals surface area contributed by atoms with Crippen molar-refractivity contribution in [1.82, 2.24) is 15.0 Å². The number of carbonyl (C=O) groups is 1. The second-order valence-electron chi connectivity index (χ2n) is 9.04. The molecule has 2 aromatic carbocycles. The molecule has 1 aliphatic heterocycles. The van der Waals surface area contributed by atoms with Crippen LogP contribution in [0.25, 0.3) is 11.3 Å². The molecular weight excluding hydrogens is 452 g/mol. The van der Waals surface area contributed by atoms with Gasteiger partial charge in [-0.05, 0) is 67.6 Å². The number of hydrogen-bond acceptors (Lipinski definition) is 5. The Bertz CT molecular complexity index is 1350. The summed E-state index contributed by atoms with van der Waals surface area (Å²) in [6.07, 6.45) is 0. The maximum absolute atomic E-state index is 13.0. The minimum atomic E-state index is -3.50. The first-order valence-corrected chi connectivity index (χ1v) is 12.4. The maximum atomic E-state index is 13.0. The standard InChI is InChI=1S/C25H28N4O4S/c1-16-13-18(30)7-10-20(16)21-11-12-22-23(28-21)25(2,3)15-29(22)24(31)27-14-17-5-8-19(9-6-17)34(32,33)26-4/h5-13,26,30H,14-15H2,1-4H3,(H,27,31). The van der Waals surface area contributed by atoms with Crippen molar-refractivity contribution in [2.75, 3.05) is 18.5 Å². The Hall–Kier alpha value is -3.43. The number of aromatic nitrogens is 1. The van der Waals surface area contributed by atoms with E-state index in [0.717, 1.165) is 33.8 Å². The molecule has 1 aliphatic rings. The van der Waals surface area contributed by atoms with Crippen LogP contribution in [0.3, 0.4) is 0 Å². The van der Waals surface area contributed by atoms with E-state index in [0.29, 0.717) is 6.54 Å². The Balaban J connectivity index is 1.52. The van der Waals surface area contributed by atoms with Gasteiger partial charge in [0, 0.05) is 24.1 Å². The molecule has 3 aromatic rings. The maximum Gasteiger partial charge on any atom is 0.322 e. The monoisotopic (exact) mass is 480 g/mol. The number of aryl methyl sites for hydroxylation is 1. The Kier molecular flexibility index (Phi) is 6.09. The SMILES string of the molecule is CNS(=O)(=O)c1ccc(CNC(=O)N2CC(C)(C)c3nc(-c4ccc(O)cc4C)ccc32)cc1. The van der Waals surface area contributed by atoms with Gasteiger partial charge in [0.05, 0.1) is 22.0 Å². The summed E-state index contributed by atoms with van der Waals surface area (Å²) in [5.74, 6) is 0.212. The summed E-state index contributed by atoms with van der Waals surface area (Å²) in [7, 11) is -2.14. The van der Waals surface area contributed by atoms with Crippen molar-refractivity contribution in [3.8, 4) is 17.0 Å². The van der Waals surface area contributed by atoms with E-state index < -0.39 is 10.0 Å². The molecule has 0 bridgehead atoms. The number of rotatable bonds is 5. The summed E-state index contributed by atoms with van der Waals surface area (Å²) in [4.78, 5) is 19.8. The predicted molar refractivity (Wildman–Crippen MR) is 131 cm³/mol. The van der Waals surface area contributed by atoms with E-state index in [4.69, 9.17) is 4.98 Å². The third kappa shape index (κ3) is 4.49. The van der Waals surface area contributed by atoms with Crippen LogP contribution < -0.4 is 14.9 Å². The number of fused-ring (bicyclic) bond motifs is 1. The second kappa shape index (κ2) is 8.73. The summed E-state index contributed by atoms with van der Waals surface area (Å²) < 4.78 is 26.0.